The minimum atomic E-state index is -1.74. The van der Waals surface area contributed by atoms with Gasteiger partial charge in [0.15, 0.2) is 8.32 Å². The highest BCUT2D eigenvalue weighted by Gasteiger charge is 2.59. The van der Waals surface area contributed by atoms with Gasteiger partial charge in [0, 0.05) is 5.92 Å². The average molecular weight is 319 g/mol. The number of rotatable bonds is 2. The van der Waals surface area contributed by atoms with Crippen molar-refractivity contribution >= 4 is 8.32 Å². The molecule has 124 valence electrons. The Morgan fingerprint density at radius 1 is 1.14 bits per heavy atom. The minimum Gasteiger partial charge on any atom is -0.413 e. The van der Waals surface area contributed by atoms with E-state index in [1.54, 1.807) is 11.1 Å². The summed E-state index contributed by atoms with van der Waals surface area (Å²) in [6.07, 6.45) is 9.07. The molecule has 2 fully saturated rings. The monoisotopic (exact) mass is 318 g/mol. The van der Waals surface area contributed by atoms with Crippen LogP contribution in [-0.2, 0) is 4.43 Å². The van der Waals surface area contributed by atoms with Gasteiger partial charge in [-0.3, -0.25) is 0 Å². The molecule has 22 heavy (non-hydrogen) atoms. The molecule has 0 aromatic carbocycles. The number of hydrogen-bond donors (Lipinski definition) is 0. The fourth-order valence-electron chi connectivity index (χ4n) is 4.51. The molecule has 2 heteroatoms. The first-order valence-electron chi connectivity index (χ1n) is 8.96. The summed E-state index contributed by atoms with van der Waals surface area (Å²) in [5.74, 6) is 0.616. The topological polar surface area (TPSA) is 9.23 Å². The molecule has 0 radical (unpaired) electrons. The van der Waals surface area contributed by atoms with Crippen molar-refractivity contribution in [1.82, 2.24) is 0 Å². The van der Waals surface area contributed by atoms with Crippen LogP contribution < -0.4 is 0 Å². The lowest BCUT2D eigenvalue weighted by molar-refractivity contribution is 0.00588. The molecule has 0 bridgehead atoms. The van der Waals surface area contributed by atoms with E-state index in [2.05, 4.69) is 66.8 Å². The highest BCUT2D eigenvalue weighted by molar-refractivity contribution is 6.74. The van der Waals surface area contributed by atoms with Gasteiger partial charge in [-0.1, -0.05) is 64.8 Å². The van der Waals surface area contributed by atoms with Gasteiger partial charge in [0.05, 0.1) is 6.10 Å². The molecule has 0 saturated heterocycles. The van der Waals surface area contributed by atoms with E-state index in [-0.39, 0.29) is 10.5 Å². The highest BCUT2D eigenvalue weighted by Crippen LogP contribution is 2.64. The SMILES string of the molecule is CC1(C)CC2=CC=C3CC[C@]3(C)[C@H]2[C@@H]1O[Si](C)(C)C(C)(C)C. The van der Waals surface area contributed by atoms with Gasteiger partial charge in [0.1, 0.15) is 0 Å². The quantitative estimate of drug-likeness (QED) is 0.560. The Kier molecular flexibility index (Phi) is 3.45. The molecule has 0 unspecified atom stereocenters. The lowest BCUT2D eigenvalue weighted by Gasteiger charge is -2.53. The van der Waals surface area contributed by atoms with Gasteiger partial charge in [-0.05, 0) is 48.2 Å². The summed E-state index contributed by atoms with van der Waals surface area (Å²) in [5, 5.41) is 0.281. The summed E-state index contributed by atoms with van der Waals surface area (Å²) in [5.41, 5.74) is 3.96. The molecular formula is C20H34OSi. The maximum atomic E-state index is 7.04. The van der Waals surface area contributed by atoms with Gasteiger partial charge in [-0.15, -0.1) is 0 Å². The highest BCUT2D eigenvalue weighted by atomic mass is 28.4. The molecule has 0 aliphatic heterocycles. The van der Waals surface area contributed by atoms with Gasteiger partial charge >= 0.3 is 0 Å². The Morgan fingerprint density at radius 3 is 2.27 bits per heavy atom. The lowest BCUT2D eigenvalue weighted by atomic mass is 9.55. The van der Waals surface area contributed by atoms with Crippen molar-refractivity contribution in [3.63, 3.8) is 0 Å². The summed E-state index contributed by atoms with van der Waals surface area (Å²) in [6.45, 7) is 19.2. The number of allylic oxidation sites excluding steroid dienone is 3. The van der Waals surface area contributed by atoms with Gasteiger partial charge in [0.25, 0.3) is 0 Å². The molecule has 0 spiro atoms. The van der Waals surface area contributed by atoms with Crippen LogP contribution in [0.15, 0.2) is 23.3 Å². The van der Waals surface area contributed by atoms with Crippen molar-refractivity contribution in [1.29, 1.82) is 0 Å². The van der Waals surface area contributed by atoms with Gasteiger partial charge in [0.2, 0.25) is 0 Å². The maximum Gasteiger partial charge on any atom is 0.192 e. The molecule has 0 aromatic rings. The van der Waals surface area contributed by atoms with Crippen LogP contribution in [-0.4, -0.2) is 14.4 Å². The number of fused-ring (bicyclic) bond motifs is 3. The summed E-state index contributed by atoms with van der Waals surface area (Å²) < 4.78 is 7.04. The van der Waals surface area contributed by atoms with Crippen LogP contribution in [0, 0.1) is 16.7 Å². The van der Waals surface area contributed by atoms with E-state index < -0.39 is 8.32 Å². The molecule has 1 nitrogen and oxygen atoms in total. The van der Waals surface area contributed by atoms with Crippen LogP contribution in [0.2, 0.25) is 18.1 Å². The predicted octanol–water partition coefficient (Wildman–Crippen LogP) is 6.09. The Morgan fingerprint density at radius 2 is 1.77 bits per heavy atom. The molecule has 2 saturated carbocycles. The van der Waals surface area contributed by atoms with Crippen LogP contribution in [0.3, 0.4) is 0 Å². The Balaban J connectivity index is 1.96. The third-order valence-electron chi connectivity index (χ3n) is 7.19. The normalized spacial score (nSPS) is 36.9. The predicted molar refractivity (Wildman–Crippen MR) is 97.5 cm³/mol. The van der Waals surface area contributed by atoms with E-state index in [0.717, 1.165) is 0 Å². The van der Waals surface area contributed by atoms with Crippen molar-refractivity contribution in [2.45, 2.75) is 85.0 Å². The number of hydrogen-bond acceptors (Lipinski definition) is 1. The minimum absolute atomic E-state index is 0.258. The molecule has 3 rings (SSSR count). The Bertz CT molecular complexity index is 547. The maximum absolute atomic E-state index is 7.04. The molecule has 3 aliphatic carbocycles. The van der Waals surface area contributed by atoms with Crippen LogP contribution >= 0.6 is 0 Å². The van der Waals surface area contributed by atoms with Gasteiger partial charge < -0.3 is 4.43 Å². The second kappa shape index (κ2) is 4.60. The molecule has 3 atom stereocenters. The zero-order chi connectivity index (χ0) is 16.6. The zero-order valence-electron chi connectivity index (χ0n) is 15.8. The average Bonchev–Trinajstić information content (AvgIpc) is 2.56. The molecule has 0 heterocycles. The molecule has 3 aliphatic rings. The third kappa shape index (κ3) is 2.21. The van der Waals surface area contributed by atoms with Gasteiger partial charge in [-0.2, -0.15) is 0 Å². The third-order valence-corrected chi connectivity index (χ3v) is 11.6. The zero-order valence-corrected chi connectivity index (χ0v) is 16.8. The molecule has 0 aromatic heterocycles. The standard InChI is InChI=1S/C20H34OSi/c1-18(2,3)22(7,8)21-17-16-14(13-19(17,4)5)9-10-15-11-12-20(15,16)6/h9-10,16-17H,11-13H2,1-8H3/t16-,17+,20+/m1/s1. The lowest BCUT2D eigenvalue weighted by Crippen LogP contribution is -2.52. The van der Waals surface area contributed by atoms with E-state index in [1.165, 1.54) is 19.3 Å². The van der Waals surface area contributed by atoms with E-state index in [1.807, 2.05) is 0 Å². The Hall–Kier alpha value is -0.343. The summed E-state index contributed by atoms with van der Waals surface area (Å²) in [7, 11) is -1.74. The van der Waals surface area contributed by atoms with Crippen LogP contribution in [0.4, 0.5) is 0 Å². The first-order valence-corrected chi connectivity index (χ1v) is 11.9. The Labute approximate surface area is 138 Å². The van der Waals surface area contributed by atoms with Crippen molar-refractivity contribution < 1.29 is 4.43 Å². The van der Waals surface area contributed by atoms with Crippen molar-refractivity contribution in [3.05, 3.63) is 23.3 Å². The van der Waals surface area contributed by atoms with Crippen LogP contribution in [0.1, 0.15) is 60.8 Å². The first-order chi connectivity index (χ1) is 9.88. The molecular weight excluding hydrogens is 284 g/mol. The molecule has 0 N–H and O–H groups in total. The van der Waals surface area contributed by atoms with Crippen LogP contribution in [0.25, 0.3) is 0 Å². The summed E-state index contributed by atoms with van der Waals surface area (Å²) in [4.78, 5) is 0. The van der Waals surface area contributed by atoms with Gasteiger partial charge in [-0.25, -0.2) is 0 Å². The first kappa shape index (κ1) is 16.5. The smallest absolute Gasteiger partial charge is 0.192 e. The fraction of sp³-hybridized carbons (Fsp3) is 0.800. The molecule has 0 amide bonds. The van der Waals surface area contributed by atoms with Crippen molar-refractivity contribution in [2.24, 2.45) is 16.7 Å². The summed E-state index contributed by atoms with van der Waals surface area (Å²) >= 11 is 0. The van der Waals surface area contributed by atoms with E-state index in [0.29, 0.717) is 17.4 Å². The second-order valence-electron chi connectivity index (χ2n) is 10.3. The van der Waals surface area contributed by atoms with E-state index in [4.69, 9.17) is 4.43 Å². The van der Waals surface area contributed by atoms with E-state index >= 15 is 0 Å². The van der Waals surface area contributed by atoms with Crippen molar-refractivity contribution in [2.75, 3.05) is 0 Å². The van der Waals surface area contributed by atoms with Crippen LogP contribution in [0.5, 0.6) is 0 Å². The van der Waals surface area contributed by atoms with E-state index in [9.17, 15) is 0 Å². The summed E-state index contributed by atoms with van der Waals surface area (Å²) in [6, 6.07) is 0. The largest absolute Gasteiger partial charge is 0.413 e. The second-order valence-corrected chi connectivity index (χ2v) is 15.0. The van der Waals surface area contributed by atoms with Crippen molar-refractivity contribution in [3.8, 4) is 0 Å². The fourth-order valence-corrected chi connectivity index (χ4v) is 5.95.